The third-order valence-electron chi connectivity index (χ3n) is 5.03. The van der Waals surface area contributed by atoms with Gasteiger partial charge < -0.3 is 15.3 Å². The minimum atomic E-state index is -0.718. The number of ketones is 1. The van der Waals surface area contributed by atoms with Crippen molar-refractivity contribution in [3.63, 3.8) is 0 Å². The number of anilines is 1. The molecule has 6 nitrogen and oxygen atoms in total. The molecule has 0 aliphatic carbocycles. The van der Waals surface area contributed by atoms with Crippen LogP contribution in [-0.2, 0) is 11.2 Å². The van der Waals surface area contributed by atoms with Gasteiger partial charge in [0.15, 0.2) is 0 Å². The molecule has 2 heterocycles. The van der Waals surface area contributed by atoms with Gasteiger partial charge in [0.1, 0.15) is 0 Å². The van der Waals surface area contributed by atoms with Gasteiger partial charge in [0, 0.05) is 33.7 Å². The summed E-state index contributed by atoms with van der Waals surface area (Å²) in [6, 6.07) is 14.3. The van der Waals surface area contributed by atoms with Gasteiger partial charge in [0.05, 0.1) is 11.1 Å². The molecule has 6 heteroatoms. The maximum atomic E-state index is 12.8. The Morgan fingerprint density at radius 3 is 2.55 bits per heavy atom. The quantitative estimate of drug-likeness (QED) is 0.355. The zero-order chi connectivity index (χ0) is 20.5. The first kappa shape index (κ1) is 18.7. The Kier molecular flexibility index (Phi) is 4.76. The summed E-state index contributed by atoms with van der Waals surface area (Å²) in [5.41, 5.74) is 3.71. The van der Waals surface area contributed by atoms with E-state index in [0.717, 1.165) is 34.7 Å². The number of aromatic nitrogens is 2. The molecule has 4 aromatic rings. The minimum absolute atomic E-state index is 0.185. The Morgan fingerprint density at radius 1 is 0.966 bits per heavy atom. The van der Waals surface area contributed by atoms with Gasteiger partial charge in [-0.1, -0.05) is 37.6 Å². The standard InChI is InChI=1S/C23H21N3O3/c1-3-6-14-11-20(27)26-19-12-15(9-10-16(14)19)25-23(29)22(28)21-13(2)24-18-8-5-4-7-17(18)21/h4-5,7-12,24H,3,6H2,1-2H3,(H,25,29)(H,26,27). The van der Waals surface area contributed by atoms with Crippen LogP contribution in [0.1, 0.15) is 35.0 Å². The molecule has 0 aliphatic heterocycles. The molecule has 0 atom stereocenters. The van der Waals surface area contributed by atoms with Crippen molar-refractivity contribution in [3.05, 3.63) is 75.7 Å². The maximum absolute atomic E-state index is 12.8. The number of benzene rings is 2. The number of aromatic amines is 2. The van der Waals surface area contributed by atoms with E-state index in [0.29, 0.717) is 22.5 Å². The number of H-pyrrole nitrogens is 2. The number of carbonyl (C=O) groups is 2. The molecule has 1 amide bonds. The van der Waals surface area contributed by atoms with Gasteiger partial charge in [0.2, 0.25) is 5.56 Å². The van der Waals surface area contributed by atoms with Gasteiger partial charge in [-0.05, 0) is 37.1 Å². The third-order valence-corrected chi connectivity index (χ3v) is 5.03. The minimum Gasteiger partial charge on any atom is -0.358 e. The van der Waals surface area contributed by atoms with Gasteiger partial charge >= 0.3 is 0 Å². The van der Waals surface area contributed by atoms with E-state index in [1.54, 1.807) is 25.1 Å². The van der Waals surface area contributed by atoms with Gasteiger partial charge in [0.25, 0.3) is 11.7 Å². The predicted octanol–water partition coefficient (Wildman–Crippen LogP) is 4.09. The first-order valence-electron chi connectivity index (χ1n) is 9.57. The van der Waals surface area contributed by atoms with E-state index in [1.165, 1.54) is 0 Å². The summed E-state index contributed by atoms with van der Waals surface area (Å²) in [4.78, 5) is 43.3. The first-order valence-corrected chi connectivity index (χ1v) is 9.57. The van der Waals surface area contributed by atoms with Crippen molar-refractivity contribution in [1.29, 1.82) is 0 Å². The highest BCUT2D eigenvalue weighted by Gasteiger charge is 2.22. The first-order chi connectivity index (χ1) is 14.0. The fourth-order valence-electron chi connectivity index (χ4n) is 3.76. The third kappa shape index (κ3) is 3.45. The highest BCUT2D eigenvalue weighted by molar-refractivity contribution is 6.48. The molecule has 0 unspecified atom stereocenters. The fourth-order valence-corrected chi connectivity index (χ4v) is 3.76. The topological polar surface area (TPSA) is 94.8 Å². The van der Waals surface area contributed by atoms with Crippen molar-refractivity contribution < 1.29 is 9.59 Å². The number of Topliss-reactive ketones (excluding diaryl/α,β-unsaturated/α-hetero) is 1. The Hall–Kier alpha value is -3.67. The van der Waals surface area contributed by atoms with Crippen LogP contribution in [0.4, 0.5) is 5.69 Å². The summed E-state index contributed by atoms with van der Waals surface area (Å²) >= 11 is 0. The van der Waals surface area contributed by atoms with E-state index >= 15 is 0 Å². The molecule has 146 valence electrons. The van der Waals surface area contributed by atoms with E-state index in [9.17, 15) is 14.4 Å². The lowest BCUT2D eigenvalue weighted by molar-refractivity contribution is -0.112. The lowest BCUT2D eigenvalue weighted by Gasteiger charge is -2.09. The van der Waals surface area contributed by atoms with E-state index < -0.39 is 11.7 Å². The summed E-state index contributed by atoms with van der Waals surface area (Å²) < 4.78 is 0. The molecule has 0 radical (unpaired) electrons. The average molecular weight is 387 g/mol. The van der Waals surface area contributed by atoms with Crippen LogP contribution >= 0.6 is 0 Å². The molecule has 3 N–H and O–H groups in total. The number of fused-ring (bicyclic) bond motifs is 2. The Labute approximate surface area is 167 Å². The molecular formula is C23H21N3O3. The fraction of sp³-hybridized carbons (Fsp3) is 0.174. The maximum Gasteiger partial charge on any atom is 0.296 e. The number of pyridine rings is 1. The highest BCUT2D eigenvalue weighted by atomic mass is 16.2. The number of para-hydroxylation sites is 1. The Bertz CT molecular complexity index is 1310. The van der Waals surface area contributed by atoms with E-state index in [2.05, 4.69) is 22.2 Å². The molecule has 0 saturated heterocycles. The zero-order valence-electron chi connectivity index (χ0n) is 16.3. The summed E-state index contributed by atoms with van der Waals surface area (Å²) in [5.74, 6) is -1.32. The van der Waals surface area contributed by atoms with Crippen LogP contribution in [0.3, 0.4) is 0 Å². The van der Waals surface area contributed by atoms with Crippen molar-refractivity contribution in [1.82, 2.24) is 9.97 Å². The van der Waals surface area contributed by atoms with Crippen molar-refractivity contribution >= 4 is 39.2 Å². The summed E-state index contributed by atoms with van der Waals surface area (Å²) in [6.45, 7) is 3.83. The second-order valence-corrected chi connectivity index (χ2v) is 7.12. The monoisotopic (exact) mass is 387 g/mol. The van der Waals surface area contributed by atoms with Crippen molar-refractivity contribution in [2.45, 2.75) is 26.7 Å². The summed E-state index contributed by atoms with van der Waals surface area (Å²) in [7, 11) is 0. The number of nitrogens with one attached hydrogen (secondary N) is 3. The SMILES string of the molecule is CCCc1cc(=O)[nH]c2cc(NC(=O)C(=O)c3c(C)[nH]c4ccccc34)ccc12. The van der Waals surface area contributed by atoms with E-state index in [1.807, 2.05) is 30.3 Å². The van der Waals surface area contributed by atoms with Gasteiger partial charge in [-0.2, -0.15) is 0 Å². The number of amides is 1. The van der Waals surface area contributed by atoms with Crippen LogP contribution in [-0.4, -0.2) is 21.7 Å². The van der Waals surface area contributed by atoms with Crippen LogP contribution in [0.25, 0.3) is 21.8 Å². The number of carbonyl (C=O) groups excluding carboxylic acids is 2. The van der Waals surface area contributed by atoms with Gasteiger partial charge in [-0.25, -0.2) is 0 Å². The molecule has 4 rings (SSSR count). The lowest BCUT2D eigenvalue weighted by atomic mass is 10.0. The van der Waals surface area contributed by atoms with Crippen molar-refractivity contribution in [2.24, 2.45) is 0 Å². The van der Waals surface area contributed by atoms with Gasteiger partial charge in [-0.15, -0.1) is 0 Å². The highest BCUT2D eigenvalue weighted by Crippen LogP contribution is 2.24. The second-order valence-electron chi connectivity index (χ2n) is 7.12. The van der Waals surface area contributed by atoms with E-state index in [4.69, 9.17) is 0 Å². The number of rotatable bonds is 5. The Balaban J connectivity index is 1.65. The van der Waals surface area contributed by atoms with Crippen LogP contribution in [0.2, 0.25) is 0 Å². The molecule has 2 aromatic carbocycles. The van der Waals surface area contributed by atoms with Crippen LogP contribution in [0.5, 0.6) is 0 Å². The lowest BCUT2D eigenvalue weighted by Crippen LogP contribution is -2.23. The molecule has 0 bridgehead atoms. The molecule has 0 saturated carbocycles. The Morgan fingerprint density at radius 2 is 1.76 bits per heavy atom. The summed E-state index contributed by atoms with van der Waals surface area (Å²) in [6.07, 6.45) is 1.72. The van der Waals surface area contributed by atoms with Crippen LogP contribution in [0, 0.1) is 6.92 Å². The molecule has 0 fully saturated rings. The van der Waals surface area contributed by atoms with Crippen molar-refractivity contribution in [2.75, 3.05) is 5.32 Å². The molecule has 0 spiro atoms. The number of hydrogen-bond donors (Lipinski definition) is 3. The van der Waals surface area contributed by atoms with Crippen molar-refractivity contribution in [3.8, 4) is 0 Å². The number of aryl methyl sites for hydroxylation is 2. The zero-order valence-corrected chi connectivity index (χ0v) is 16.3. The van der Waals surface area contributed by atoms with E-state index in [-0.39, 0.29) is 5.56 Å². The smallest absolute Gasteiger partial charge is 0.296 e. The number of hydrogen-bond acceptors (Lipinski definition) is 3. The molecule has 2 aromatic heterocycles. The normalized spacial score (nSPS) is 11.1. The van der Waals surface area contributed by atoms with Crippen LogP contribution in [0.15, 0.2) is 53.3 Å². The molecular weight excluding hydrogens is 366 g/mol. The molecule has 29 heavy (non-hydrogen) atoms. The van der Waals surface area contributed by atoms with Crippen LogP contribution < -0.4 is 10.9 Å². The second kappa shape index (κ2) is 7.39. The predicted molar refractivity (Wildman–Crippen MR) is 115 cm³/mol. The molecule has 0 aliphatic rings. The van der Waals surface area contributed by atoms with Gasteiger partial charge in [-0.3, -0.25) is 14.4 Å². The largest absolute Gasteiger partial charge is 0.358 e. The average Bonchev–Trinajstić information content (AvgIpc) is 3.02. The summed E-state index contributed by atoms with van der Waals surface area (Å²) in [5, 5.41) is 4.31.